The van der Waals surface area contributed by atoms with Gasteiger partial charge in [-0.05, 0) is 37.6 Å². The molecule has 130 valence electrons. The maximum Gasteiger partial charge on any atom is 0.248 e. The predicted molar refractivity (Wildman–Crippen MR) is 94.0 cm³/mol. The summed E-state index contributed by atoms with van der Waals surface area (Å²) in [7, 11) is 0. The molecule has 0 aliphatic carbocycles. The van der Waals surface area contributed by atoms with Gasteiger partial charge in [0.15, 0.2) is 0 Å². The molecule has 1 aromatic carbocycles. The van der Waals surface area contributed by atoms with E-state index in [0.29, 0.717) is 12.8 Å². The zero-order valence-electron chi connectivity index (χ0n) is 13.4. The fourth-order valence-corrected chi connectivity index (χ4v) is 3.07. The number of nitrogens with one attached hydrogen (secondary N) is 2. The molecule has 1 aromatic heterocycles. The van der Waals surface area contributed by atoms with Crippen LogP contribution in [0.4, 0.5) is 0 Å². The van der Waals surface area contributed by atoms with Crippen LogP contribution in [0.25, 0.3) is 0 Å². The summed E-state index contributed by atoms with van der Waals surface area (Å²) < 4.78 is 1.75. The third-order valence-corrected chi connectivity index (χ3v) is 4.44. The van der Waals surface area contributed by atoms with E-state index in [9.17, 15) is 9.90 Å². The summed E-state index contributed by atoms with van der Waals surface area (Å²) in [6.45, 7) is 1.74. The van der Waals surface area contributed by atoms with Crippen molar-refractivity contribution in [1.29, 1.82) is 0 Å². The minimum Gasteiger partial charge on any atom is -0.387 e. The molecule has 1 aliphatic rings. The topological polar surface area (TPSA) is 79.2 Å². The molecule has 0 saturated carbocycles. The number of carbonyl (C=O) groups excluding carboxylic acids is 1. The lowest BCUT2D eigenvalue weighted by molar-refractivity contribution is -0.132. The Kier molecular flexibility index (Phi) is 6.36. The second-order valence-corrected chi connectivity index (χ2v) is 5.87. The van der Waals surface area contributed by atoms with Crippen LogP contribution in [-0.4, -0.2) is 40.4 Å². The molecule has 24 heavy (non-hydrogen) atoms. The number of benzene rings is 1. The Hall–Kier alpha value is -1.89. The average molecular weight is 351 g/mol. The molecule has 7 heteroatoms. The SMILES string of the molecule is Cl.O=C(NCC(O)c1ccccc1)C1(n2cccn2)CCNCC1. The number of aliphatic hydroxyl groups excluding tert-OH is 1. The number of amides is 1. The number of hydrogen-bond acceptors (Lipinski definition) is 4. The lowest BCUT2D eigenvalue weighted by Gasteiger charge is -2.36. The van der Waals surface area contributed by atoms with Crippen LogP contribution in [0.1, 0.15) is 24.5 Å². The number of aromatic nitrogens is 2. The molecule has 1 saturated heterocycles. The molecule has 2 heterocycles. The van der Waals surface area contributed by atoms with Gasteiger partial charge < -0.3 is 15.7 Å². The normalized spacial score (nSPS) is 17.5. The first kappa shape index (κ1) is 18.4. The van der Waals surface area contributed by atoms with Crippen molar-refractivity contribution in [3.05, 3.63) is 54.4 Å². The van der Waals surface area contributed by atoms with Gasteiger partial charge in [-0.2, -0.15) is 5.10 Å². The lowest BCUT2D eigenvalue weighted by Crippen LogP contribution is -2.55. The molecule has 0 bridgehead atoms. The van der Waals surface area contributed by atoms with Crippen LogP contribution in [0.2, 0.25) is 0 Å². The number of nitrogens with zero attached hydrogens (tertiary/aromatic N) is 2. The first-order valence-corrected chi connectivity index (χ1v) is 7.94. The van der Waals surface area contributed by atoms with Crippen LogP contribution in [0.3, 0.4) is 0 Å². The predicted octanol–water partition coefficient (Wildman–Crippen LogP) is 1.23. The number of rotatable bonds is 5. The summed E-state index contributed by atoms with van der Waals surface area (Å²) in [5.74, 6) is -0.0855. The van der Waals surface area contributed by atoms with Gasteiger partial charge in [0.1, 0.15) is 5.54 Å². The van der Waals surface area contributed by atoms with Crippen LogP contribution in [0.15, 0.2) is 48.8 Å². The summed E-state index contributed by atoms with van der Waals surface area (Å²) >= 11 is 0. The molecule has 1 atom stereocenters. The van der Waals surface area contributed by atoms with E-state index >= 15 is 0 Å². The smallest absolute Gasteiger partial charge is 0.248 e. The summed E-state index contributed by atoms with van der Waals surface area (Å²) in [5.41, 5.74) is 0.122. The Morgan fingerprint density at radius 3 is 2.62 bits per heavy atom. The molecule has 2 aromatic rings. The fourth-order valence-electron chi connectivity index (χ4n) is 3.07. The number of aliphatic hydroxyl groups is 1. The van der Waals surface area contributed by atoms with Crippen molar-refractivity contribution in [2.45, 2.75) is 24.5 Å². The average Bonchev–Trinajstić information content (AvgIpc) is 3.16. The molecule has 0 radical (unpaired) electrons. The summed E-state index contributed by atoms with van der Waals surface area (Å²) in [4.78, 5) is 12.8. The molecule has 3 N–H and O–H groups in total. The highest BCUT2D eigenvalue weighted by Gasteiger charge is 2.41. The minimum atomic E-state index is -0.712. The largest absolute Gasteiger partial charge is 0.387 e. The Morgan fingerprint density at radius 1 is 1.29 bits per heavy atom. The van der Waals surface area contributed by atoms with E-state index in [1.54, 1.807) is 10.9 Å². The zero-order chi connectivity index (χ0) is 16.1. The number of piperidine rings is 1. The maximum absolute atomic E-state index is 12.8. The molecule has 6 nitrogen and oxygen atoms in total. The van der Waals surface area contributed by atoms with E-state index in [1.807, 2.05) is 42.6 Å². The highest BCUT2D eigenvalue weighted by Crippen LogP contribution is 2.27. The van der Waals surface area contributed by atoms with Gasteiger partial charge in [0.05, 0.1) is 6.10 Å². The molecule has 1 unspecified atom stereocenters. The summed E-state index contributed by atoms with van der Waals surface area (Å²) in [6.07, 6.45) is 4.18. The van der Waals surface area contributed by atoms with Crippen LogP contribution in [-0.2, 0) is 10.3 Å². The highest BCUT2D eigenvalue weighted by molar-refractivity contribution is 5.85. The van der Waals surface area contributed by atoms with Crippen molar-refractivity contribution >= 4 is 18.3 Å². The van der Waals surface area contributed by atoms with Crippen LogP contribution in [0, 0.1) is 0 Å². The van der Waals surface area contributed by atoms with Crippen molar-refractivity contribution in [2.75, 3.05) is 19.6 Å². The number of hydrogen-bond donors (Lipinski definition) is 3. The van der Waals surface area contributed by atoms with E-state index in [0.717, 1.165) is 18.7 Å². The van der Waals surface area contributed by atoms with Gasteiger partial charge in [0, 0.05) is 18.9 Å². The van der Waals surface area contributed by atoms with Crippen LogP contribution < -0.4 is 10.6 Å². The zero-order valence-corrected chi connectivity index (χ0v) is 14.2. The number of carbonyl (C=O) groups is 1. The highest BCUT2D eigenvalue weighted by atomic mass is 35.5. The van der Waals surface area contributed by atoms with E-state index < -0.39 is 11.6 Å². The van der Waals surface area contributed by atoms with Crippen molar-refractivity contribution in [2.24, 2.45) is 0 Å². The van der Waals surface area contributed by atoms with Crippen molar-refractivity contribution in [1.82, 2.24) is 20.4 Å². The van der Waals surface area contributed by atoms with Crippen LogP contribution >= 0.6 is 12.4 Å². The summed E-state index contributed by atoms with van der Waals surface area (Å²) in [6, 6.07) is 11.2. The molecule has 1 fully saturated rings. The van der Waals surface area contributed by atoms with E-state index in [2.05, 4.69) is 15.7 Å². The van der Waals surface area contributed by atoms with Crippen molar-refractivity contribution in [3.63, 3.8) is 0 Å². The third-order valence-electron chi connectivity index (χ3n) is 4.44. The second kappa shape index (κ2) is 8.28. The molecule has 1 aliphatic heterocycles. The number of halogens is 1. The quantitative estimate of drug-likeness (QED) is 0.758. The van der Waals surface area contributed by atoms with Gasteiger partial charge in [-0.15, -0.1) is 12.4 Å². The van der Waals surface area contributed by atoms with E-state index in [1.165, 1.54) is 0 Å². The van der Waals surface area contributed by atoms with E-state index in [-0.39, 0.29) is 24.9 Å². The third kappa shape index (κ3) is 3.77. The van der Waals surface area contributed by atoms with Gasteiger partial charge in [0.2, 0.25) is 5.91 Å². The van der Waals surface area contributed by atoms with Gasteiger partial charge in [-0.3, -0.25) is 9.48 Å². The molecular weight excluding hydrogens is 328 g/mol. The minimum absolute atomic E-state index is 0. The lowest BCUT2D eigenvalue weighted by atomic mass is 9.87. The second-order valence-electron chi connectivity index (χ2n) is 5.87. The van der Waals surface area contributed by atoms with Gasteiger partial charge in [0.25, 0.3) is 0 Å². The molecule has 3 rings (SSSR count). The monoisotopic (exact) mass is 350 g/mol. The van der Waals surface area contributed by atoms with Gasteiger partial charge >= 0.3 is 0 Å². The van der Waals surface area contributed by atoms with Crippen LogP contribution in [0.5, 0.6) is 0 Å². The first-order chi connectivity index (χ1) is 11.2. The Bertz CT molecular complexity index is 627. The Morgan fingerprint density at radius 2 is 2.00 bits per heavy atom. The van der Waals surface area contributed by atoms with E-state index in [4.69, 9.17) is 0 Å². The Balaban J connectivity index is 0.00000208. The molecule has 0 spiro atoms. The standard InChI is InChI=1S/C17H22N4O2.ClH/c22-15(14-5-2-1-3-6-14)13-19-16(23)17(7-10-18-11-8-17)21-12-4-9-20-21;/h1-6,9,12,15,18,22H,7-8,10-11,13H2,(H,19,23);1H. The Labute approximate surface area is 147 Å². The maximum atomic E-state index is 12.8. The summed E-state index contributed by atoms with van der Waals surface area (Å²) in [5, 5.41) is 20.7. The van der Waals surface area contributed by atoms with Gasteiger partial charge in [-0.1, -0.05) is 30.3 Å². The fraction of sp³-hybridized carbons (Fsp3) is 0.412. The van der Waals surface area contributed by atoms with Crippen molar-refractivity contribution < 1.29 is 9.90 Å². The van der Waals surface area contributed by atoms with Crippen molar-refractivity contribution in [3.8, 4) is 0 Å². The molecule has 1 amide bonds. The molecular formula is C17H23ClN4O2. The van der Waals surface area contributed by atoms with Gasteiger partial charge in [-0.25, -0.2) is 0 Å². The first-order valence-electron chi connectivity index (χ1n) is 7.94.